The zero-order chi connectivity index (χ0) is 15.1. The molecule has 4 rings (SSSR count). The first-order valence-corrected chi connectivity index (χ1v) is 8.44. The Balaban J connectivity index is 1.33. The van der Waals surface area contributed by atoms with Crippen LogP contribution in [0.5, 0.6) is 0 Å². The van der Waals surface area contributed by atoms with Gasteiger partial charge in [-0.1, -0.05) is 12.2 Å². The van der Waals surface area contributed by atoms with E-state index in [9.17, 15) is 0 Å². The third-order valence-corrected chi connectivity index (χ3v) is 5.46. The molecule has 1 aromatic heterocycles. The highest BCUT2D eigenvalue weighted by molar-refractivity contribution is 5.43. The molecule has 3 aliphatic rings. The maximum absolute atomic E-state index is 5.77. The van der Waals surface area contributed by atoms with Gasteiger partial charge in [0.1, 0.15) is 5.82 Å². The van der Waals surface area contributed by atoms with Crippen LogP contribution in [0.4, 0.5) is 11.8 Å². The predicted molar refractivity (Wildman–Crippen MR) is 88.7 cm³/mol. The van der Waals surface area contributed by atoms with Crippen LogP contribution in [0.2, 0.25) is 0 Å². The second-order valence-corrected chi connectivity index (χ2v) is 7.05. The van der Waals surface area contributed by atoms with Crippen molar-refractivity contribution in [3.8, 4) is 0 Å². The highest BCUT2D eigenvalue weighted by Gasteiger charge is 2.36. The van der Waals surface area contributed by atoms with Crippen molar-refractivity contribution in [3.63, 3.8) is 0 Å². The molecule has 1 saturated heterocycles. The van der Waals surface area contributed by atoms with Gasteiger partial charge >= 0.3 is 0 Å². The number of nitrogens with two attached hydrogens (primary N) is 1. The molecule has 0 amide bonds. The molecule has 2 N–H and O–H groups in total. The molecular formula is C17H25N5. The number of aryl methyl sites for hydroxylation is 1. The fraction of sp³-hybridized carbons (Fsp3) is 0.647. The number of nitrogen functional groups attached to an aromatic ring is 1. The van der Waals surface area contributed by atoms with Crippen molar-refractivity contribution in [2.24, 2.45) is 17.8 Å². The van der Waals surface area contributed by atoms with E-state index in [1.165, 1.54) is 19.4 Å². The monoisotopic (exact) mass is 299 g/mol. The Morgan fingerprint density at radius 3 is 2.59 bits per heavy atom. The number of piperazine rings is 1. The smallest absolute Gasteiger partial charge is 0.222 e. The van der Waals surface area contributed by atoms with Crippen LogP contribution in [-0.2, 0) is 0 Å². The summed E-state index contributed by atoms with van der Waals surface area (Å²) in [6.45, 7) is 7.56. The molecule has 1 aliphatic heterocycles. The predicted octanol–water partition coefficient (Wildman–Crippen LogP) is 1.70. The van der Waals surface area contributed by atoms with E-state index in [0.717, 1.165) is 55.4 Å². The van der Waals surface area contributed by atoms with Gasteiger partial charge in [-0.2, -0.15) is 4.98 Å². The molecule has 3 atom stereocenters. The van der Waals surface area contributed by atoms with Gasteiger partial charge in [0, 0.05) is 44.5 Å². The third kappa shape index (κ3) is 2.70. The Labute approximate surface area is 132 Å². The van der Waals surface area contributed by atoms with Crippen LogP contribution < -0.4 is 10.6 Å². The number of hydrogen-bond donors (Lipinski definition) is 1. The Bertz CT molecular complexity index is 556. The lowest BCUT2D eigenvalue weighted by molar-refractivity contribution is 0.204. The van der Waals surface area contributed by atoms with Gasteiger partial charge in [0.05, 0.1) is 0 Å². The Morgan fingerprint density at radius 2 is 1.95 bits per heavy atom. The van der Waals surface area contributed by atoms with Gasteiger partial charge in [0.2, 0.25) is 5.95 Å². The van der Waals surface area contributed by atoms with E-state index >= 15 is 0 Å². The second-order valence-electron chi connectivity index (χ2n) is 7.05. The minimum Gasteiger partial charge on any atom is -0.368 e. The summed E-state index contributed by atoms with van der Waals surface area (Å²) >= 11 is 0. The van der Waals surface area contributed by atoms with Crippen molar-refractivity contribution >= 4 is 11.8 Å². The first-order valence-electron chi connectivity index (χ1n) is 8.44. The summed E-state index contributed by atoms with van der Waals surface area (Å²) < 4.78 is 0. The molecule has 2 heterocycles. The fourth-order valence-electron chi connectivity index (χ4n) is 4.33. The van der Waals surface area contributed by atoms with E-state index in [-0.39, 0.29) is 0 Å². The Hall–Kier alpha value is -1.62. The van der Waals surface area contributed by atoms with Crippen molar-refractivity contribution in [2.75, 3.05) is 43.4 Å². The van der Waals surface area contributed by atoms with Gasteiger partial charge in [-0.25, -0.2) is 4.98 Å². The van der Waals surface area contributed by atoms with Crippen LogP contribution in [0.25, 0.3) is 0 Å². The summed E-state index contributed by atoms with van der Waals surface area (Å²) in [5.74, 6) is 3.98. The molecule has 1 aromatic rings. The molecule has 0 radical (unpaired) electrons. The molecule has 0 spiro atoms. The molecule has 5 heteroatoms. The van der Waals surface area contributed by atoms with Crippen LogP contribution in [0.3, 0.4) is 0 Å². The van der Waals surface area contributed by atoms with Gasteiger partial charge in [0.25, 0.3) is 0 Å². The summed E-state index contributed by atoms with van der Waals surface area (Å²) in [7, 11) is 0. The molecule has 2 fully saturated rings. The molecule has 5 nitrogen and oxygen atoms in total. The summed E-state index contributed by atoms with van der Waals surface area (Å²) in [6.07, 6.45) is 7.70. The lowest BCUT2D eigenvalue weighted by atomic mass is 9.93. The Kier molecular flexibility index (Phi) is 3.53. The van der Waals surface area contributed by atoms with Gasteiger partial charge < -0.3 is 10.6 Å². The van der Waals surface area contributed by atoms with Gasteiger partial charge in [-0.15, -0.1) is 0 Å². The number of rotatable bonds is 3. The number of fused-ring (bicyclic) bond motifs is 2. The van der Waals surface area contributed by atoms with Gasteiger partial charge in [-0.05, 0) is 37.5 Å². The average Bonchev–Trinajstić information content (AvgIpc) is 3.09. The van der Waals surface area contributed by atoms with Crippen LogP contribution in [0.15, 0.2) is 18.2 Å². The lowest BCUT2D eigenvalue weighted by Crippen LogP contribution is -2.48. The molecular weight excluding hydrogens is 274 g/mol. The number of aromatic nitrogens is 2. The average molecular weight is 299 g/mol. The highest BCUT2D eigenvalue weighted by atomic mass is 15.3. The fourth-order valence-corrected chi connectivity index (χ4v) is 4.33. The third-order valence-electron chi connectivity index (χ3n) is 5.46. The topological polar surface area (TPSA) is 58.3 Å². The molecule has 0 aromatic carbocycles. The molecule has 1 saturated carbocycles. The van der Waals surface area contributed by atoms with E-state index < -0.39 is 0 Å². The van der Waals surface area contributed by atoms with Crippen LogP contribution in [0, 0.1) is 24.7 Å². The molecule has 22 heavy (non-hydrogen) atoms. The van der Waals surface area contributed by atoms with Crippen molar-refractivity contribution < 1.29 is 0 Å². The largest absolute Gasteiger partial charge is 0.368 e. The van der Waals surface area contributed by atoms with Crippen molar-refractivity contribution in [3.05, 3.63) is 23.9 Å². The van der Waals surface area contributed by atoms with Crippen LogP contribution in [-0.4, -0.2) is 47.6 Å². The number of allylic oxidation sites excluding steroid dienone is 2. The SMILES string of the molecule is Cc1cc(N2CCN(CC3CC4C=CC3C4)CC2)nc(N)n1. The first-order chi connectivity index (χ1) is 10.7. The number of hydrogen-bond acceptors (Lipinski definition) is 5. The normalized spacial score (nSPS) is 31.1. The first kappa shape index (κ1) is 14.0. The zero-order valence-electron chi connectivity index (χ0n) is 13.3. The standard InChI is InChI=1S/C17H25N5/c1-12-8-16(20-17(18)19-12)22-6-4-21(5-7-22)11-15-10-13-2-3-14(15)9-13/h2-3,8,13-15H,4-7,9-11H2,1H3,(H2,18,19,20). The van der Waals surface area contributed by atoms with Crippen molar-refractivity contribution in [1.29, 1.82) is 0 Å². The molecule has 118 valence electrons. The Morgan fingerprint density at radius 1 is 1.14 bits per heavy atom. The summed E-state index contributed by atoms with van der Waals surface area (Å²) in [4.78, 5) is 13.5. The second kappa shape index (κ2) is 5.54. The van der Waals surface area contributed by atoms with Gasteiger partial charge in [0.15, 0.2) is 0 Å². The number of anilines is 2. The maximum atomic E-state index is 5.77. The molecule has 3 unspecified atom stereocenters. The van der Waals surface area contributed by atoms with E-state index in [0.29, 0.717) is 5.95 Å². The van der Waals surface area contributed by atoms with E-state index in [2.05, 4.69) is 31.9 Å². The van der Waals surface area contributed by atoms with Crippen LogP contribution in [0.1, 0.15) is 18.5 Å². The van der Waals surface area contributed by atoms with E-state index in [1.807, 2.05) is 13.0 Å². The van der Waals surface area contributed by atoms with Crippen LogP contribution >= 0.6 is 0 Å². The molecule has 2 aliphatic carbocycles. The number of nitrogens with zero attached hydrogens (tertiary/aromatic N) is 4. The quantitative estimate of drug-likeness (QED) is 0.861. The summed E-state index contributed by atoms with van der Waals surface area (Å²) in [6, 6.07) is 2.03. The zero-order valence-corrected chi connectivity index (χ0v) is 13.3. The van der Waals surface area contributed by atoms with Gasteiger partial charge in [-0.3, -0.25) is 4.90 Å². The minimum atomic E-state index is 0.381. The summed E-state index contributed by atoms with van der Waals surface area (Å²) in [5, 5.41) is 0. The lowest BCUT2D eigenvalue weighted by Gasteiger charge is -2.37. The highest BCUT2D eigenvalue weighted by Crippen LogP contribution is 2.43. The summed E-state index contributed by atoms with van der Waals surface area (Å²) in [5.41, 5.74) is 6.71. The van der Waals surface area contributed by atoms with Crippen molar-refractivity contribution in [1.82, 2.24) is 14.9 Å². The van der Waals surface area contributed by atoms with E-state index in [4.69, 9.17) is 5.73 Å². The minimum absolute atomic E-state index is 0.381. The maximum Gasteiger partial charge on any atom is 0.222 e. The van der Waals surface area contributed by atoms with Crippen molar-refractivity contribution in [2.45, 2.75) is 19.8 Å². The molecule has 2 bridgehead atoms. The van der Waals surface area contributed by atoms with E-state index in [1.54, 1.807) is 0 Å².